The normalized spacial score (nSPS) is 16.3. The molecule has 0 N–H and O–H groups in total. The van der Waals surface area contributed by atoms with E-state index in [9.17, 15) is 4.79 Å². The topological polar surface area (TPSA) is 65.7 Å². The fourth-order valence-corrected chi connectivity index (χ4v) is 3.39. The number of benzene rings is 1. The Morgan fingerprint density at radius 3 is 2.23 bits per heavy atom. The molecule has 160 valence electrons. The fraction of sp³-hybridized carbons (Fsp3) is 0.458. The van der Waals surface area contributed by atoms with Gasteiger partial charge in [-0.3, -0.25) is 14.5 Å². The molecule has 3 rings (SSSR count). The Bertz CT molecular complexity index is 986. The summed E-state index contributed by atoms with van der Waals surface area (Å²) in [7, 11) is 1.89. The SMILES string of the molecule is CCC(=O)OCO/C(=C(\c1ccc(C(C)(C)C)cc1)C1C=N1)c1c(C)c(C)nn1C. The van der Waals surface area contributed by atoms with E-state index < -0.39 is 0 Å². The molecule has 0 radical (unpaired) electrons. The predicted octanol–water partition coefficient (Wildman–Crippen LogP) is 4.58. The van der Waals surface area contributed by atoms with Crippen molar-refractivity contribution in [3.05, 3.63) is 52.3 Å². The molecule has 0 aliphatic carbocycles. The summed E-state index contributed by atoms with van der Waals surface area (Å²) in [6, 6.07) is 8.45. The second-order valence-corrected chi connectivity index (χ2v) is 8.63. The zero-order chi connectivity index (χ0) is 22.1. The minimum Gasteiger partial charge on any atom is -0.455 e. The number of hydrogen-bond donors (Lipinski definition) is 0. The van der Waals surface area contributed by atoms with Gasteiger partial charge in [-0.2, -0.15) is 5.10 Å². The van der Waals surface area contributed by atoms with Crippen molar-refractivity contribution in [2.45, 2.75) is 59.4 Å². The van der Waals surface area contributed by atoms with E-state index in [1.165, 1.54) is 5.56 Å². The van der Waals surface area contributed by atoms with Gasteiger partial charge in [0.25, 0.3) is 0 Å². The molecule has 1 aliphatic heterocycles. The van der Waals surface area contributed by atoms with E-state index in [1.54, 1.807) is 6.92 Å². The van der Waals surface area contributed by atoms with Crippen LogP contribution in [0.25, 0.3) is 11.3 Å². The van der Waals surface area contributed by atoms with Crippen LogP contribution >= 0.6 is 0 Å². The molecule has 1 aromatic heterocycles. The van der Waals surface area contributed by atoms with Crippen LogP contribution in [0.4, 0.5) is 0 Å². The highest BCUT2D eigenvalue weighted by Crippen LogP contribution is 2.36. The van der Waals surface area contributed by atoms with E-state index in [-0.39, 0.29) is 24.2 Å². The third-order valence-electron chi connectivity index (χ3n) is 5.35. The second kappa shape index (κ2) is 8.46. The molecule has 0 amide bonds. The number of carbonyl (C=O) groups excluding carboxylic acids is 1. The monoisotopic (exact) mass is 409 g/mol. The Morgan fingerprint density at radius 1 is 1.13 bits per heavy atom. The van der Waals surface area contributed by atoms with Crippen molar-refractivity contribution in [2.75, 3.05) is 6.79 Å². The first-order valence-corrected chi connectivity index (χ1v) is 10.3. The minimum atomic E-state index is -0.300. The predicted molar refractivity (Wildman–Crippen MR) is 119 cm³/mol. The largest absolute Gasteiger partial charge is 0.455 e. The number of aliphatic imine (C=N–C) groups is 1. The summed E-state index contributed by atoms with van der Waals surface area (Å²) in [4.78, 5) is 16.0. The van der Waals surface area contributed by atoms with Crippen LogP contribution in [0.2, 0.25) is 0 Å². The van der Waals surface area contributed by atoms with Crippen LogP contribution in [-0.2, 0) is 26.7 Å². The average Bonchev–Trinajstić information content (AvgIpc) is 3.48. The first-order valence-electron chi connectivity index (χ1n) is 10.3. The molecule has 0 spiro atoms. The Kier molecular flexibility index (Phi) is 6.15. The van der Waals surface area contributed by atoms with Crippen molar-refractivity contribution >= 4 is 23.5 Å². The van der Waals surface area contributed by atoms with Crippen molar-refractivity contribution in [1.29, 1.82) is 0 Å². The van der Waals surface area contributed by atoms with E-state index >= 15 is 0 Å². The summed E-state index contributed by atoms with van der Waals surface area (Å²) in [6.07, 6.45) is 2.20. The molecule has 30 heavy (non-hydrogen) atoms. The molecule has 0 saturated heterocycles. The van der Waals surface area contributed by atoms with Crippen LogP contribution in [0.15, 0.2) is 29.3 Å². The molecule has 2 aromatic rings. The quantitative estimate of drug-likeness (QED) is 0.381. The van der Waals surface area contributed by atoms with Crippen molar-refractivity contribution < 1.29 is 14.3 Å². The number of carbonyl (C=O) groups is 1. The van der Waals surface area contributed by atoms with E-state index in [2.05, 4.69) is 55.1 Å². The molecule has 1 unspecified atom stereocenters. The Hall–Kier alpha value is -2.89. The first-order chi connectivity index (χ1) is 14.1. The zero-order valence-corrected chi connectivity index (χ0v) is 18.9. The third-order valence-corrected chi connectivity index (χ3v) is 5.35. The lowest BCUT2D eigenvalue weighted by molar-refractivity contribution is -0.151. The lowest BCUT2D eigenvalue weighted by atomic mass is 9.85. The number of nitrogens with zero attached hydrogens (tertiary/aromatic N) is 3. The van der Waals surface area contributed by atoms with E-state index in [4.69, 9.17) is 9.47 Å². The van der Waals surface area contributed by atoms with Gasteiger partial charge in [0.05, 0.1) is 5.69 Å². The van der Waals surface area contributed by atoms with Gasteiger partial charge in [0.15, 0.2) is 5.76 Å². The number of esters is 1. The standard InChI is InChI=1S/C24H31N3O3/c1-8-20(28)29-14-30-23(22-15(2)16(3)26-27(22)7)21(19-13-25-19)17-9-11-18(12-10-17)24(4,5)6/h9-13,19H,8,14H2,1-7H3/b23-21+. The van der Waals surface area contributed by atoms with E-state index in [0.717, 1.165) is 28.1 Å². The summed E-state index contributed by atoms with van der Waals surface area (Å²) < 4.78 is 13.1. The van der Waals surface area contributed by atoms with Crippen LogP contribution in [0.5, 0.6) is 0 Å². The van der Waals surface area contributed by atoms with Crippen molar-refractivity contribution in [3.63, 3.8) is 0 Å². The molecule has 2 heterocycles. The van der Waals surface area contributed by atoms with Gasteiger partial charge in [-0.25, -0.2) is 0 Å². The van der Waals surface area contributed by atoms with E-state index in [0.29, 0.717) is 12.2 Å². The van der Waals surface area contributed by atoms with Gasteiger partial charge in [0.2, 0.25) is 6.79 Å². The third kappa shape index (κ3) is 4.64. The Balaban J connectivity index is 2.09. The number of ether oxygens (including phenoxy) is 2. The van der Waals surface area contributed by atoms with Gasteiger partial charge in [0, 0.05) is 30.8 Å². The highest BCUT2D eigenvalue weighted by molar-refractivity contribution is 6.04. The molecule has 1 aliphatic rings. The summed E-state index contributed by atoms with van der Waals surface area (Å²) in [5.74, 6) is 0.344. The van der Waals surface area contributed by atoms with Crippen molar-refractivity contribution in [3.8, 4) is 0 Å². The molecule has 1 atom stereocenters. The van der Waals surface area contributed by atoms with Crippen molar-refractivity contribution in [2.24, 2.45) is 12.0 Å². The van der Waals surface area contributed by atoms with Gasteiger partial charge in [-0.15, -0.1) is 0 Å². The summed E-state index contributed by atoms with van der Waals surface area (Å²) in [5, 5.41) is 4.55. The summed E-state index contributed by atoms with van der Waals surface area (Å²) in [5.41, 5.74) is 6.13. The van der Waals surface area contributed by atoms with Gasteiger partial charge < -0.3 is 9.47 Å². The molecule has 0 bridgehead atoms. The molecule has 6 nitrogen and oxygen atoms in total. The lowest BCUT2D eigenvalue weighted by Gasteiger charge is -2.21. The molecule has 6 heteroatoms. The molecule has 0 fully saturated rings. The maximum absolute atomic E-state index is 11.6. The highest BCUT2D eigenvalue weighted by Gasteiger charge is 2.30. The Morgan fingerprint density at radius 2 is 1.77 bits per heavy atom. The van der Waals surface area contributed by atoms with Crippen molar-refractivity contribution in [1.82, 2.24) is 9.78 Å². The molecular weight excluding hydrogens is 378 g/mol. The number of rotatable bonds is 7. The molecular formula is C24H31N3O3. The van der Waals surface area contributed by atoms with Crippen LogP contribution in [-0.4, -0.2) is 34.8 Å². The highest BCUT2D eigenvalue weighted by atomic mass is 16.7. The number of aryl methyl sites for hydroxylation is 2. The van der Waals surface area contributed by atoms with Crippen LogP contribution in [0.3, 0.4) is 0 Å². The van der Waals surface area contributed by atoms with Crippen LogP contribution in [0, 0.1) is 13.8 Å². The maximum atomic E-state index is 11.6. The fourth-order valence-electron chi connectivity index (χ4n) is 3.39. The maximum Gasteiger partial charge on any atom is 0.308 e. The zero-order valence-electron chi connectivity index (χ0n) is 18.9. The Labute approximate surface area is 178 Å². The summed E-state index contributed by atoms with van der Waals surface area (Å²) in [6.45, 7) is 12.2. The smallest absolute Gasteiger partial charge is 0.308 e. The van der Waals surface area contributed by atoms with Crippen LogP contribution < -0.4 is 0 Å². The number of hydrogen-bond acceptors (Lipinski definition) is 5. The average molecular weight is 410 g/mol. The van der Waals surface area contributed by atoms with Gasteiger partial charge in [-0.05, 0) is 30.4 Å². The van der Waals surface area contributed by atoms with Gasteiger partial charge in [-0.1, -0.05) is 52.0 Å². The van der Waals surface area contributed by atoms with Gasteiger partial charge in [0.1, 0.15) is 11.7 Å². The molecule has 1 aromatic carbocycles. The number of aromatic nitrogens is 2. The minimum absolute atomic E-state index is 0.0584. The summed E-state index contributed by atoms with van der Waals surface area (Å²) >= 11 is 0. The second-order valence-electron chi connectivity index (χ2n) is 8.63. The first kappa shape index (κ1) is 21.8. The molecule has 0 saturated carbocycles. The van der Waals surface area contributed by atoms with E-state index in [1.807, 2.05) is 31.8 Å². The van der Waals surface area contributed by atoms with Crippen LogP contribution in [0.1, 0.15) is 62.2 Å². The van der Waals surface area contributed by atoms with Gasteiger partial charge >= 0.3 is 5.97 Å². The lowest BCUT2D eigenvalue weighted by Crippen LogP contribution is -2.13.